The van der Waals surface area contributed by atoms with Crippen LogP contribution < -0.4 is 14.8 Å². The molecule has 3 aromatic rings. The third-order valence-corrected chi connectivity index (χ3v) is 4.51. The van der Waals surface area contributed by atoms with Gasteiger partial charge in [0.05, 0.1) is 0 Å². The Morgan fingerprint density at radius 1 is 1.07 bits per heavy atom. The van der Waals surface area contributed by atoms with E-state index in [0.717, 1.165) is 6.33 Å². The van der Waals surface area contributed by atoms with Crippen molar-refractivity contribution in [3.8, 4) is 23.3 Å². The summed E-state index contributed by atoms with van der Waals surface area (Å²) in [6.45, 7) is 2.19. The second-order valence-electron chi connectivity index (χ2n) is 6.11. The Kier molecular flexibility index (Phi) is 7.16. The van der Waals surface area contributed by atoms with Crippen molar-refractivity contribution in [3.63, 3.8) is 0 Å². The van der Waals surface area contributed by atoms with Crippen LogP contribution in [0.15, 0.2) is 53.9 Å². The van der Waals surface area contributed by atoms with E-state index in [0.29, 0.717) is 39.9 Å². The highest BCUT2D eigenvalue weighted by Crippen LogP contribution is 2.33. The summed E-state index contributed by atoms with van der Waals surface area (Å²) in [5.74, 6) is -0.663. The first-order chi connectivity index (χ1) is 14.5. The van der Waals surface area contributed by atoms with E-state index in [4.69, 9.17) is 25.9 Å². The largest absolute Gasteiger partial charge is 0.436 e. The van der Waals surface area contributed by atoms with E-state index < -0.39 is 5.82 Å². The number of halogens is 2. The van der Waals surface area contributed by atoms with Gasteiger partial charge in [0.25, 0.3) is 11.8 Å². The van der Waals surface area contributed by atoms with Gasteiger partial charge in [0, 0.05) is 22.7 Å². The molecule has 0 aliphatic carbocycles. The number of hydrogen-bond donors (Lipinski definition) is 1. The lowest BCUT2D eigenvalue weighted by molar-refractivity contribution is 0.213. The third kappa shape index (κ3) is 4.84. The number of oxime groups is 1. The summed E-state index contributed by atoms with van der Waals surface area (Å²) in [5.41, 5.74) is 1.87. The summed E-state index contributed by atoms with van der Waals surface area (Å²) in [6.07, 6.45) is 1.16. The molecule has 0 aliphatic heterocycles. The van der Waals surface area contributed by atoms with Crippen LogP contribution in [0.1, 0.15) is 11.1 Å². The lowest BCUT2D eigenvalue weighted by Gasteiger charge is -2.14. The Hall–Kier alpha value is -3.23. The number of hydrogen-bond acceptors (Lipinski definition) is 7. The lowest BCUT2D eigenvalue weighted by Crippen LogP contribution is -2.20. The van der Waals surface area contributed by atoms with E-state index in [1.54, 1.807) is 50.4 Å². The molecule has 0 unspecified atom stereocenters. The van der Waals surface area contributed by atoms with Gasteiger partial charge in [-0.1, -0.05) is 35.0 Å². The first kappa shape index (κ1) is 21.5. The summed E-state index contributed by atoms with van der Waals surface area (Å²) >= 11 is 6.10. The van der Waals surface area contributed by atoms with Crippen LogP contribution in [0.25, 0.3) is 0 Å². The standard InChI is InChI=1S/C21H20ClFN4O3/c1-13-15(22)8-6-10-17(13)29-20-19(23)21(26-12-25-20)30-18-9-5-4-7-14(18)16(11-24-2)27-28-3/h4-10,12,24H,11H2,1-3H3/b27-16-. The summed E-state index contributed by atoms with van der Waals surface area (Å²) < 4.78 is 26.4. The fourth-order valence-corrected chi connectivity index (χ4v) is 2.80. The molecule has 3 rings (SSSR count). The molecule has 156 valence electrons. The monoisotopic (exact) mass is 430 g/mol. The van der Waals surface area contributed by atoms with Gasteiger partial charge >= 0.3 is 0 Å². The number of rotatable bonds is 8. The van der Waals surface area contributed by atoms with Gasteiger partial charge in [-0.25, -0.2) is 0 Å². The molecule has 30 heavy (non-hydrogen) atoms. The van der Waals surface area contributed by atoms with Crippen LogP contribution in [0.4, 0.5) is 4.39 Å². The molecule has 0 spiro atoms. The minimum absolute atomic E-state index is 0.274. The molecule has 0 atom stereocenters. The van der Waals surface area contributed by atoms with Gasteiger partial charge in [-0.2, -0.15) is 14.4 Å². The normalized spacial score (nSPS) is 11.3. The second kappa shape index (κ2) is 10.00. The molecule has 1 heterocycles. The van der Waals surface area contributed by atoms with Crippen molar-refractivity contribution in [1.82, 2.24) is 15.3 Å². The minimum atomic E-state index is -0.842. The van der Waals surface area contributed by atoms with Crippen molar-refractivity contribution < 1.29 is 18.7 Å². The maximum atomic E-state index is 15.0. The van der Waals surface area contributed by atoms with Crippen LogP contribution in [0, 0.1) is 12.7 Å². The zero-order valence-electron chi connectivity index (χ0n) is 16.6. The van der Waals surface area contributed by atoms with Gasteiger partial charge < -0.3 is 19.6 Å². The maximum absolute atomic E-state index is 15.0. The number of benzene rings is 2. The molecule has 0 saturated carbocycles. The number of likely N-dealkylation sites (N-methyl/N-ethyl adjacent to an activating group) is 1. The van der Waals surface area contributed by atoms with Crippen molar-refractivity contribution in [2.24, 2.45) is 5.16 Å². The smallest absolute Gasteiger partial charge is 0.263 e. The van der Waals surface area contributed by atoms with E-state index in [1.165, 1.54) is 7.11 Å². The molecule has 0 fully saturated rings. The Morgan fingerprint density at radius 2 is 1.73 bits per heavy atom. The number of nitrogens with one attached hydrogen (secondary N) is 1. The molecule has 0 radical (unpaired) electrons. The molecule has 1 N–H and O–H groups in total. The first-order valence-corrected chi connectivity index (χ1v) is 9.38. The first-order valence-electron chi connectivity index (χ1n) is 9.00. The quantitative estimate of drug-likeness (QED) is 0.411. The lowest BCUT2D eigenvalue weighted by atomic mass is 10.1. The molecule has 0 aliphatic rings. The predicted molar refractivity (Wildman–Crippen MR) is 112 cm³/mol. The van der Waals surface area contributed by atoms with E-state index in [9.17, 15) is 0 Å². The van der Waals surface area contributed by atoms with Crippen molar-refractivity contribution in [3.05, 3.63) is 70.8 Å². The SMILES string of the molecule is CNC/C(=N/OC)c1ccccc1Oc1ncnc(Oc2cccc(Cl)c2C)c1F. The summed E-state index contributed by atoms with van der Waals surface area (Å²) in [6, 6.07) is 12.1. The highest BCUT2D eigenvalue weighted by atomic mass is 35.5. The topological polar surface area (TPSA) is 77.9 Å². The summed E-state index contributed by atoms with van der Waals surface area (Å²) in [5, 5.41) is 7.52. The van der Waals surface area contributed by atoms with Gasteiger partial charge in [-0.3, -0.25) is 0 Å². The Labute approximate surface area is 178 Å². The van der Waals surface area contributed by atoms with Gasteiger partial charge in [0.2, 0.25) is 5.82 Å². The van der Waals surface area contributed by atoms with E-state index in [2.05, 4.69) is 20.4 Å². The molecular weight excluding hydrogens is 411 g/mol. The molecule has 1 aromatic heterocycles. The summed E-state index contributed by atoms with van der Waals surface area (Å²) in [4.78, 5) is 12.7. The van der Waals surface area contributed by atoms with Crippen LogP contribution in [-0.4, -0.2) is 36.4 Å². The maximum Gasteiger partial charge on any atom is 0.263 e. The van der Waals surface area contributed by atoms with Gasteiger partial charge in [0.15, 0.2) is 0 Å². The zero-order chi connectivity index (χ0) is 21.5. The number of para-hydroxylation sites is 1. The van der Waals surface area contributed by atoms with Crippen LogP contribution in [-0.2, 0) is 4.84 Å². The van der Waals surface area contributed by atoms with Gasteiger partial charge in [0.1, 0.15) is 30.6 Å². The van der Waals surface area contributed by atoms with Crippen molar-refractivity contribution in [2.75, 3.05) is 20.7 Å². The summed E-state index contributed by atoms with van der Waals surface area (Å²) in [7, 11) is 3.23. The van der Waals surface area contributed by atoms with E-state index in [1.807, 2.05) is 6.07 Å². The Balaban J connectivity index is 1.93. The van der Waals surface area contributed by atoms with Gasteiger partial charge in [-0.05, 0) is 38.2 Å². The number of ether oxygens (including phenoxy) is 2. The minimum Gasteiger partial charge on any atom is -0.436 e. The van der Waals surface area contributed by atoms with Crippen molar-refractivity contribution in [1.29, 1.82) is 0 Å². The number of nitrogens with zero attached hydrogens (tertiary/aromatic N) is 3. The van der Waals surface area contributed by atoms with Crippen LogP contribution in [0.3, 0.4) is 0 Å². The van der Waals surface area contributed by atoms with E-state index >= 15 is 4.39 Å². The Morgan fingerprint density at radius 3 is 2.43 bits per heavy atom. The molecule has 2 aromatic carbocycles. The molecular formula is C21H20ClFN4O3. The zero-order valence-corrected chi connectivity index (χ0v) is 17.4. The fraction of sp³-hybridized carbons (Fsp3) is 0.190. The van der Waals surface area contributed by atoms with Gasteiger partial charge in [-0.15, -0.1) is 0 Å². The predicted octanol–water partition coefficient (Wildman–Crippen LogP) is 4.73. The molecule has 0 bridgehead atoms. The highest BCUT2D eigenvalue weighted by Gasteiger charge is 2.19. The van der Waals surface area contributed by atoms with E-state index in [-0.39, 0.29) is 11.8 Å². The molecule has 0 saturated heterocycles. The third-order valence-electron chi connectivity index (χ3n) is 4.10. The molecule has 9 heteroatoms. The average molecular weight is 431 g/mol. The molecule has 7 nitrogen and oxygen atoms in total. The van der Waals surface area contributed by atoms with Crippen LogP contribution >= 0.6 is 11.6 Å². The fourth-order valence-electron chi connectivity index (χ4n) is 2.64. The Bertz CT molecular complexity index is 1060. The van der Waals surface area contributed by atoms with Crippen LogP contribution in [0.5, 0.6) is 23.3 Å². The van der Waals surface area contributed by atoms with Crippen molar-refractivity contribution in [2.45, 2.75) is 6.92 Å². The second-order valence-corrected chi connectivity index (χ2v) is 6.52. The average Bonchev–Trinajstić information content (AvgIpc) is 2.74. The molecule has 0 amide bonds. The highest BCUT2D eigenvalue weighted by molar-refractivity contribution is 6.31. The van der Waals surface area contributed by atoms with Crippen molar-refractivity contribution >= 4 is 17.3 Å². The number of aromatic nitrogens is 2. The van der Waals surface area contributed by atoms with Crippen LogP contribution in [0.2, 0.25) is 5.02 Å².